The van der Waals surface area contributed by atoms with Crippen LogP contribution in [0.4, 0.5) is 4.39 Å². The quantitative estimate of drug-likeness (QED) is 0.797. The monoisotopic (exact) mass is 339 g/mol. The predicted molar refractivity (Wildman–Crippen MR) is 95.9 cm³/mol. The zero-order valence-electron chi connectivity index (χ0n) is 14.5. The van der Waals surface area contributed by atoms with Crippen molar-refractivity contribution in [3.05, 3.63) is 64.9 Å². The zero-order chi connectivity index (χ0) is 17.6. The van der Waals surface area contributed by atoms with Crippen LogP contribution in [0, 0.1) is 12.7 Å². The predicted octanol–water partition coefficient (Wildman–Crippen LogP) is 3.21. The van der Waals surface area contributed by atoms with Crippen LogP contribution in [0.2, 0.25) is 0 Å². The highest BCUT2D eigenvalue weighted by molar-refractivity contribution is 5.86. The zero-order valence-corrected chi connectivity index (χ0v) is 14.5. The van der Waals surface area contributed by atoms with E-state index in [0.29, 0.717) is 18.5 Å². The molecule has 0 bridgehead atoms. The van der Waals surface area contributed by atoms with Crippen molar-refractivity contribution < 1.29 is 9.50 Å². The van der Waals surface area contributed by atoms with Gasteiger partial charge in [0.25, 0.3) is 0 Å². The van der Waals surface area contributed by atoms with Crippen LogP contribution >= 0.6 is 0 Å². The van der Waals surface area contributed by atoms with Gasteiger partial charge in [0.05, 0.1) is 5.52 Å². The van der Waals surface area contributed by atoms with Gasteiger partial charge >= 0.3 is 0 Å². The number of aliphatic hydroxyl groups is 1. The van der Waals surface area contributed by atoms with Crippen LogP contribution < -0.4 is 0 Å². The molecule has 1 aromatic carbocycles. The summed E-state index contributed by atoms with van der Waals surface area (Å²) in [6, 6.07) is 9.07. The number of rotatable bonds is 3. The topological polar surface area (TPSA) is 41.3 Å². The first-order valence-corrected chi connectivity index (χ1v) is 8.63. The second kappa shape index (κ2) is 6.24. The summed E-state index contributed by atoms with van der Waals surface area (Å²) in [6.07, 6.45) is 2.23. The van der Waals surface area contributed by atoms with Gasteiger partial charge in [-0.05, 0) is 43.7 Å². The highest BCUT2D eigenvalue weighted by Gasteiger charge is 2.27. The Balaban J connectivity index is 1.82. The van der Waals surface area contributed by atoms with Crippen molar-refractivity contribution in [1.82, 2.24) is 14.5 Å². The maximum absolute atomic E-state index is 14.6. The normalized spacial score (nSPS) is 16.2. The molecule has 3 aromatic rings. The number of nitrogens with zero attached hydrogens (tertiary/aromatic N) is 3. The molecule has 5 heteroatoms. The number of fused-ring (bicyclic) bond motifs is 3. The molecule has 0 saturated carbocycles. The number of benzene rings is 1. The molecule has 0 amide bonds. The largest absolute Gasteiger partial charge is 0.373 e. The van der Waals surface area contributed by atoms with Crippen LogP contribution in [0.25, 0.3) is 10.9 Å². The van der Waals surface area contributed by atoms with Crippen molar-refractivity contribution in [3.63, 3.8) is 0 Å². The Morgan fingerprint density at radius 1 is 1.28 bits per heavy atom. The average Bonchev–Trinajstić information content (AvgIpc) is 2.92. The number of hydrogen-bond donors (Lipinski definition) is 1. The van der Waals surface area contributed by atoms with E-state index in [1.165, 1.54) is 6.07 Å². The van der Waals surface area contributed by atoms with Gasteiger partial charge in [-0.1, -0.05) is 18.2 Å². The summed E-state index contributed by atoms with van der Waals surface area (Å²) in [6.45, 7) is 3.59. The van der Waals surface area contributed by atoms with E-state index in [1.54, 1.807) is 16.8 Å². The Hall–Kier alpha value is -2.24. The molecule has 1 atom stereocenters. The lowest BCUT2D eigenvalue weighted by Crippen LogP contribution is -2.29. The van der Waals surface area contributed by atoms with Crippen LogP contribution in [0.1, 0.15) is 28.7 Å². The van der Waals surface area contributed by atoms with Gasteiger partial charge in [-0.2, -0.15) is 0 Å². The second-order valence-electron chi connectivity index (χ2n) is 6.91. The van der Waals surface area contributed by atoms with Gasteiger partial charge in [-0.3, -0.25) is 4.98 Å². The molecule has 0 fully saturated rings. The third kappa shape index (κ3) is 2.83. The Morgan fingerprint density at radius 3 is 2.88 bits per heavy atom. The Labute approximate surface area is 146 Å². The van der Waals surface area contributed by atoms with E-state index in [4.69, 9.17) is 0 Å². The van der Waals surface area contributed by atoms with Gasteiger partial charge in [0, 0.05) is 42.5 Å². The number of aromatic nitrogens is 2. The summed E-state index contributed by atoms with van der Waals surface area (Å²) in [4.78, 5) is 6.49. The molecule has 0 aliphatic carbocycles. The summed E-state index contributed by atoms with van der Waals surface area (Å²) in [5.74, 6) is -0.282. The lowest BCUT2D eigenvalue weighted by molar-refractivity contribution is 0.102. The molecule has 4 rings (SSSR count). The Morgan fingerprint density at radius 2 is 2.12 bits per heavy atom. The number of aryl methyl sites for hydroxylation is 1. The van der Waals surface area contributed by atoms with Crippen LogP contribution in [0.3, 0.4) is 0 Å². The van der Waals surface area contributed by atoms with Gasteiger partial charge in [0.15, 0.2) is 0 Å². The molecule has 25 heavy (non-hydrogen) atoms. The minimum absolute atomic E-state index is 0.282. The van der Waals surface area contributed by atoms with Crippen molar-refractivity contribution in [2.24, 2.45) is 0 Å². The fourth-order valence-corrected chi connectivity index (χ4v) is 3.78. The Kier molecular flexibility index (Phi) is 4.06. The molecule has 0 spiro atoms. The van der Waals surface area contributed by atoms with Crippen molar-refractivity contribution >= 4 is 10.9 Å². The third-order valence-corrected chi connectivity index (χ3v) is 5.04. The van der Waals surface area contributed by atoms with Gasteiger partial charge in [-0.15, -0.1) is 0 Å². The van der Waals surface area contributed by atoms with E-state index in [0.717, 1.165) is 40.9 Å². The molecular formula is C20H22FN3O. The number of likely N-dealkylation sites (N-methyl/N-ethyl adjacent to an activating group) is 1. The van der Waals surface area contributed by atoms with Crippen LogP contribution in [0.5, 0.6) is 0 Å². The highest BCUT2D eigenvalue weighted by Crippen LogP contribution is 2.34. The third-order valence-electron chi connectivity index (χ3n) is 5.04. The van der Waals surface area contributed by atoms with Gasteiger partial charge in [0.1, 0.15) is 12.0 Å². The van der Waals surface area contributed by atoms with Crippen LogP contribution in [-0.4, -0.2) is 33.1 Å². The second-order valence-corrected chi connectivity index (χ2v) is 6.91. The lowest BCUT2D eigenvalue weighted by atomic mass is 10.0. The number of pyridine rings is 1. The molecule has 2 aromatic heterocycles. The fraction of sp³-hybridized carbons (Fsp3) is 0.350. The molecule has 1 unspecified atom stereocenters. The number of aliphatic hydroxyl groups excluding tert-OH is 1. The van der Waals surface area contributed by atoms with Gasteiger partial charge in [0.2, 0.25) is 0 Å². The minimum atomic E-state index is -0.820. The molecule has 0 radical (unpaired) electrons. The van der Waals surface area contributed by atoms with Crippen molar-refractivity contribution in [3.8, 4) is 0 Å². The van der Waals surface area contributed by atoms with E-state index < -0.39 is 6.23 Å². The summed E-state index contributed by atoms with van der Waals surface area (Å²) in [7, 11) is 2.05. The fourth-order valence-electron chi connectivity index (χ4n) is 3.78. The molecule has 130 valence electrons. The number of para-hydroxylation sites is 1. The van der Waals surface area contributed by atoms with Gasteiger partial charge < -0.3 is 14.6 Å². The standard InChI is InChI=1S/C20H22FN3O/c1-13-6-7-14(11-22-13)10-19(25)24-18-12-23(2)9-8-15(18)16-4-3-5-17(21)20(16)24/h3-7,11,19,25H,8-10,12H2,1-2H3. The molecule has 4 nitrogen and oxygen atoms in total. The van der Waals surface area contributed by atoms with E-state index in [1.807, 2.05) is 25.1 Å². The number of halogens is 1. The van der Waals surface area contributed by atoms with Gasteiger partial charge in [-0.25, -0.2) is 4.39 Å². The summed E-state index contributed by atoms with van der Waals surface area (Å²) >= 11 is 0. The van der Waals surface area contributed by atoms with E-state index in [-0.39, 0.29) is 5.82 Å². The minimum Gasteiger partial charge on any atom is -0.373 e. The lowest BCUT2D eigenvalue weighted by Gasteiger charge is -2.26. The smallest absolute Gasteiger partial charge is 0.147 e. The molecule has 0 saturated heterocycles. The highest BCUT2D eigenvalue weighted by atomic mass is 19.1. The first kappa shape index (κ1) is 16.2. The summed E-state index contributed by atoms with van der Waals surface area (Å²) < 4.78 is 16.4. The average molecular weight is 339 g/mol. The van der Waals surface area contributed by atoms with Crippen LogP contribution in [0.15, 0.2) is 36.5 Å². The first-order chi connectivity index (χ1) is 12.0. The molecular weight excluding hydrogens is 317 g/mol. The summed E-state index contributed by atoms with van der Waals surface area (Å²) in [5, 5.41) is 11.9. The van der Waals surface area contributed by atoms with Crippen LogP contribution in [-0.2, 0) is 19.4 Å². The van der Waals surface area contributed by atoms with E-state index in [9.17, 15) is 9.50 Å². The van der Waals surface area contributed by atoms with E-state index >= 15 is 0 Å². The first-order valence-electron chi connectivity index (χ1n) is 8.63. The van der Waals surface area contributed by atoms with Crippen molar-refractivity contribution in [2.45, 2.75) is 32.5 Å². The Bertz CT molecular complexity index is 917. The van der Waals surface area contributed by atoms with E-state index in [2.05, 4.69) is 16.9 Å². The van der Waals surface area contributed by atoms with Crippen molar-refractivity contribution in [2.75, 3.05) is 13.6 Å². The molecule has 1 N–H and O–H groups in total. The molecule has 1 aliphatic heterocycles. The molecule has 3 heterocycles. The maximum Gasteiger partial charge on any atom is 0.147 e. The maximum atomic E-state index is 14.6. The van der Waals surface area contributed by atoms with Crippen molar-refractivity contribution in [1.29, 1.82) is 0 Å². The molecule has 1 aliphatic rings. The number of hydrogen-bond acceptors (Lipinski definition) is 3. The SMILES string of the molecule is Cc1ccc(CC(O)n2c3c(c4cccc(F)c42)CCN(C)C3)cn1. The summed E-state index contributed by atoms with van der Waals surface area (Å²) in [5.41, 5.74) is 4.56.